The Morgan fingerprint density at radius 1 is 1.33 bits per heavy atom. The van der Waals surface area contributed by atoms with Crippen molar-refractivity contribution in [2.24, 2.45) is 0 Å². The molecule has 1 N–H and O–H groups in total. The summed E-state index contributed by atoms with van der Waals surface area (Å²) in [5.74, 6) is -0.788. The van der Waals surface area contributed by atoms with Crippen molar-refractivity contribution in [3.05, 3.63) is 58.8 Å². The van der Waals surface area contributed by atoms with Crippen LogP contribution >= 0.6 is 0 Å². The molecule has 2 aromatic rings. The van der Waals surface area contributed by atoms with Crippen LogP contribution < -0.4 is 4.74 Å². The summed E-state index contributed by atoms with van der Waals surface area (Å²) in [7, 11) is 0. The van der Waals surface area contributed by atoms with Gasteiger partial charge in [-0.15, -0.1) is 0 Å². The normalized spacial score (nSPS) is 17.1. The summed E-state index contributed by atoms with van der Waals surface area (Å²) in [6, 6.07) is 9.85. The van der Waals surface area contributed by atoms with Crippen LogP contribution in [0.3, 0.4) is 0 Å². The third kappa shape index (κ3) is 2.61. The lowest BCUT2D eigenvalue weighted by Gasteiger charge is -2.26. The standard InChI is InChI=1S/C17H17NO3/c1-11-9-10-18-16(15(11)17(19)20)21-14-8-4-6-12-5-2-3-7-13(12)14/h2-3,5,7,9-10,14H,4,6,8H2,1H3,(H,19,20). The summed E-state index contributed by atoms with van der Waals surface area (Å²) < 4.78 is 5.96. The van der Waals surface area contributed by atoms with E-state index in [2.05, 4.69) is 17.1 Å². The second-order valence-corrected chi connectivity index (χ2v) is 5.31. The van der Waals surface area contributed by atoms with Crippen LogP contribution in [0, 0.1) is 6.92 Å². The number of nitrogens with zero attached hydrogens (tertiary/aromatic N) is 1. The number of carboxylic acid groups (broad SMARTS) is 1. The Kier molecular flexibility index (Phi) is 3.60. The molecule has 1 aromatic heterocycles. The number of carbonyl (C=O) groups is 1. The molecule has 0 aliphatic heterocycles. The van der Waals surface area contributed by atoms with E-state index in [4.69, 9.17) is 4.74 Å². The first-order valence-corrected chi connectivity index (χ1v) is 7.10. The number of aromatic carboxylic acids is 1. The van der Waals surface area contributed by atoms with E-state index in [1.54, 1.807) is 19.2 Å². The zero-order chi connectivity index (χ0) is 14.8. The fourth-order valence-electron chi connectivity index (χ4n) is 2.85. The number of aromatic nitrogens is 1. The van der Waals surface area contributed by atoms with E-state index >= 15 is 0 Å². The van der Waals surface area contributed by atoms with Gasteiger partial charge in [0.05, 0.1) is 0 Å². The van der Waals surface area contributed by atoms with E-state index in [-0.39, 0.29) is 17.5 Å². The maximum atomic E-state index is 11.4. The van der Waals surface area contributed by atoms with Crippen molar-refractivity contribution < 1.29 is 14.6 Å². The number of hydrogen-bond donors (Lipinski definition) is 1. The number of hydrogen-bond acceptors (Lipinski definition) is 3. The zero-order valence-corrected chi connectivity index (χ0v) is 11.9. The van der Waals surface area contributed by atoms with Gasteiger partial charge in [0.25, 0.3) is 0 Å². The van der Waals surface area contributed by atoms with Gasteiger partial charge >= 0.3 is 5.97 Å². The summed E-state index contributed by atoms with van der Waals surface area (Å²) in [6.45, 7) is 1.76. The molecule has 0 saturated heterocycles. The van der Waals surface area contributed by atoms with Crippen LogP contribution in [-0.2, 0) is 6.42 Å². The largest absolute Gasteiger partial charge is 0.477 e. The van der Waals surface area contributed by atoms with Crippen LogP contribution in [0.25, 0.3) is 0 Å². The highest BCUT2D eigenvalue weighted by Gasteiger charge is 2.24. The highest BCUT2D eigenvalue weighted by molar-refractivity contribution is 5.91. The molecular weight excluding hydrogens is 266 g/mol. The third-order valence-corrected chi connectivity index (χ3v) is 3.91. The third-order valence-electron chi connectivity index (χ3n) is 3.91. The molecule has 1 aliphatic carbocycles. The number of carboxylic acids is 1. The quantitative estimate of drug-likeness (QED) is 0.936. The number of ether oxygens (including phenoxy) is 1. The van der Waals surface area contributed by atoms with E-state index in [0.717, 1.165) is 24.8 Å². The molecule has 1 atom stereocenters. The van der Waals surface area contributed by atoms with Gasteiger partial charge < -0.3 is 9.84 Å². The van der Waals surface area contributed by atoms with Gasteiger partial charge in [0.2, 0.25) is 5.88 Å². The molecule has 0 amide bonds. The Bertz CT molecular complexity index is 681. The van der Waals surface area contributed by atoms with Crippen molar-refractivity contribution in [1.82, 2.24) is 4.98 Å². The van der Waals surface area contributed by atoms with E-state index in [9.17, 15) is 9.90 Å². The van der Waals surface area contributed by atoms with Crippen LogP contribution in [0.1, 0.15) is 46.0 Å². The topological polar surface area (TPSA) is 59.4 Å². The Hall–Kier alpha value is -2.36. The predicted octanol–water partition coefficient (Wildman–Crippen LogP) is 3.54. The summed E-state index contributed by atoms with van der Waals surface area (Å²) >= 11 is 0. The van der Waals surface area contributed by atoms with Crippen molar-refractivity contribution in [2.45, 2.75) is 32.3 Å². The number of pyridine rings is 1. The molecule has 0 radical (unpaired) electrons. The van der Waals surface area contributed by atoms with Crippen LogP contribution in [0.5, 0.6) is 5.88 Å². The minimum absolute atomic E-state index is 0.123. The van der Waals surface area contributed by atoms with Crippen LogP contribution in [0.4, 0.5) is 0 Å². The number of fused-ring (bicyclic) bond motifs is 1. The molecule has 1 aromatic carbocycles. The molecule has 4 heteroatoms. The van der Waals surface area contributed by atoms with Crippen molar-refractivity contribution >= 4 is 5.97 Å². The first kappa shape index (κ1) is 13.6. The predicted molar refractivity (Wildman–Crippen MR) is 78.7 cm³/mol. The lowest BCUT2D eigenvalue weighted by molar-refractivity contribution is 0.0685. The monoisotopic (exact) mass is 283 g/mol. The van der Waals surface area contributed by atoms with Crippen LogP contribution in [0.2, 0.25) is 0 Å². The van der Waals surface area contributed by atoms with Crippen LogP contribution in [0.15, 0.2) is 36.5 Å². The average Bonchev–Trinajstić information content (AvgIpc) is 2.47. The molecule has 1 aliphatic rings. The van der Waals surface area contributed by atoms with E-state index in [0.29, 0.717) is 5.56 Å². The molecule has 108 valence electrons. The number of aryl methyl sites for hydroxylation is 2. The Morgan fingerprint density at radius 2 is 2.14 bits per heavy atom. The summed E-state index contributed by atoms with van der Waals surface area (Å²) in [6.07, 6.45) is 4.43. The number of benzene rings is 1. The lowest BCUT2D eigenvalue weighted by atomic mass is 9.89. The maximum absolute atomic E-state index is 11.4. The van der Waals surface area contributed by atoms with Gasteiger partial charge in [-0.1, -0.05) is 24.3 Å². The van der Waals surface area contributed by atoms with E-state index in [1.165, 1.54) is 5.56 Å². The summed E-state index contributed by atoms with van der Waals surface area (Å²) in [5, 5.41) is 9.35. The SMILES string of the molecule is Cc1ccnc(OC2CCCc3ccccc32)c1C(=O)O. The second-order valence-electron chi connectivity index (χ2n) is 5.31. The fourth-order valence-corrected chi connectivity index (χ4v) is 2.85. The molecule has 0 bridgehead atoms. The first-order chi connectivity index (χ1) is 10.2. The van der Waals surface area contributed by atoms with Gasteiger partial charge in [0.15, 0.2) is 0 Å². The summed E-state index contributed by atoms with van der Waals surface area (Å²) in [5.41, 5.74) is 3.24. The number of rotatable bonds is 3. The van der Waals surface area contributed by atoms with Crippen molar-refractivity contribution in [3.8, 4) is 5.88 Å². The molecular formula is C17H17NO3. The lowest BCUT2D eigenvalue weighted by Crippen LogP contribution is -2.17. The Labute approximate surface area is 123 Å². The van der Waals surface area contributed by atoms with Gasteiger partial charge in [-0.3, -0.25) is 0 Å². The smallest absolute Gasteiger partial charge is 0.341 e. The maximum Gasteiger partial charge on any atom is 0.341 e. The zero-order valence-electron chi connectivity index (χ0n) is 11.9. The summed E-state index contributed by atoms with van der Waals surface area (Å²) in [4.78, 5) is 15.5. The van der Waals surface area contributed by atoms with E-state index in [1.807, 2.05) is 12.1 Å². The highest BCUT2D eigenvalue weighted by atomic mass is 16.5. The van der Waals surface area contributed by atoms with Gasteiger partial charge in [-0.2, -0.15) is 0 Å². The molecule has 1 unspecified atom stereocenters. The van der Waals surface area contributed by atoms with Crippen LogP contribution in [-0.4, -0.2) is 16.1 Å². The first-order valence-electron chi connectivity index (χ1n) is 7.10. The highest BCUT2D eigenvalue weighted by Crippen LogP contribution is 2.34. The Morgan fingerprint density at radius 3 is 2.95 bits per heavy atom. The fraction of sp³-hybridized carbons (Fsp3) is 0.294. The molecule has 1 heterocycles. The minimum Gasteiger partial charge on any atom is -0.477 e. The molecule has 4 nitrogen and oxygen atoms in total. The van der Waals surface area contributed by atoms with Gasteiger partial charge in [-0.05, 0) is 48.9 Å². The molecule has 0 fully saturated rings. The van der Waals surface area contributed by atoms with Crippen molar-refractivity contribution in [2.75, 3.05) is 0 Å². The van der Waals surface area contributed by atoms with Gasteiger partial charge in [-0.25, -0.2) is 9.78 Å². The van der Waals surface area contributed by atoms with Crippen molar-refractivity contribution in [3.63, 3.8) is 0 Å². The molecule has 3 rings (SSSR count). The second kappa shape index (κ2) is 5.56. The van der Waals surface area contributed by atoms with Gasteiger partial charge in [0, 0.05) is 6.20 Å². The average molecular weight is 283 g/mol. The molecule has 0 saturated carbocycles. The van der Waals surface area contributed by atoms with Gasteiger partial charge in [0.1, 0.15) is 11.7 Å². The molecule has 21 heavy (non-hydrogen) atoms. The van der Waals surface area contributed by atoms with Crippen molar-refractivity contribution in [1.29, 1.82) is 0 Å². The van der Waals surface area contributed by atoms with E-state index < -0.39 is 5.97 Å². The Balaban J connectivity index is 1.96. The molecule has 0 spiro atoms. The minimum atomic E-state index is -1.00.